The van der Waals surface area contributed by atoms with Gasteiger partial charge in [-0.3, -0.25) is 0 Å². The molecule has 0 N–H and O–H groups in total. The molecule has 0 unspecified atom stereocenters. The molecule has 2 aromatic rings. The van der Waals surface area contributed by atoms with Gasteiger partial charge in [-0.2, -0.15) is 0 Å². The van der Waals surface area contributed by atoms with Crippen LogP contribution in [0.3, 0.4) is 0 Å². The molecule has 0 radical (unpaired) electrons. The molecule has 0 saturated carbocycles. The molecule has 0 fully saturated rings. The van der Waals surface area contributed by atoms with Gasteiger partial charge < -0.3 is 4.52 Å². The van der Waals surface area contributed by atoms with E-state index >= 15 is 0 Å². The molecule has 0 aliphatic rings. The molecule has 0 aliphatic heterocycles. The summed E-state index contributed by atoms with van der Waals surface area (Å²) in [4.78, 5) is 0. The summed E-state index contributed by atoms with van der Waals surface area (Å²) in [5, 5.41) is 3.92. The smallest absolute Gasteiger partial charge is 0.124 e. The lowest BCUT2D eigenvalue weighted by atomic mass is 10.0. The summed E-state index contributed by atoms with van der Waals surface area (Å²) in [6.07, 6.45) is 6.64. The van der Waals surface area contributed by atoms with E-state index in [4.69, 9.17) is 4.52 Å². The van der Waals surface area contributed by atoms with Gasteiger partial charge in [0.05, 0.1) is 0 Å². The zero-order valence-corrected chi connectivity index (χ0v) is 9.65. The van der Waals surface area contributed by atoms with Crippen LogP contribution in [-0.2, 0) is 6.42 Å². The number of hydrogen-bond acceptors (Lipinski definition) is 2. The Morgan fingerprint density at radius 2 is 1.88 bits per heavy atom. The van der Waals surface area contributed by atoms with Crippen molar-refractivity contribution in [3.63, 3.8) is 0 Å². The quantitative estimate of drug-likeness (QED) is 0.702. The Bertz CT molecular complexity index is 403. The molecule has 1 aromatic carbocycles. The van der Waals surface area contributed by atoms with Crippen molar-refractivity contribution in [1.29, 1.82) is 0 Å². The van der Waals surface area contributed by atoms with Crippen LogP contribution in [-0.4, -0.2) is 5.16 Å². The standard InChI is InChI=1S/C14H17NO/c1-2-3-4-5-12-6-8-13(9-7-12)14-10-11-16-15-14/h6-11H,2-5H2,1H3. The summed E-state index contributed by atoms with van der Waals surface area (Å²) in [7, 11) is 0. The fourth-order valence-corrected chi connectivity index (χ4v) is 1.78. The van der Waals surface area contributed by atoms with Crippen LogP contribution in [0.4, 0.5) is 0 Å². The Kier molecular flexibility index (Phi) is 3.76. The Morgan fingerprint density at radius 1 is 1.06 bits per heavy atom. The van der Waals surface area contributed by atoms with Gasteiger partial charge in [0.25, 0.3) is 0 Å². The van der Waals surface area contributed by atoms with Crippen LogP contribution in [0.15, 0.2) is 41.1 Å². The number of benzene rings is 1. The minimum atomic E-state index is 0.903. The highest BCUT2D eigenvalue weighted by Gasteiger charge is 2.00. The maximum absolute atomic E-state index is 4.83. The summed E-state index contributed by atoms with van der Waals surface area (Å²) in [5.74, 6) is 0. The molecule has 16 heavy (non-hydrogen) atoms. The van der Waals surface area contributed by atoms with Crippen LogP contribution in [0.2, 0.25) is 0 Å². The number of rotatable bonds is 5. The zero-order valence-electron chi connectivity index (χ0n) is 9.65. The van der Waals surface area contributed by atoms with E-state index in [9.17, 15) is 0 Å². The van der Waals surface area contributed by atoms with Crippen molar-refractivity contribution >= 4 is 0 Å². The lowest BCUT2D eigenvalue weighted by molar-refractivity contribution is 0.422. The average molecular weight is 215 g/mol. The second-order valence-electron chi connectivity index (χ2n) is 4.04. The second-order valence-corrected chi connectivity index (χ2v) is 4.04. The highest BCUT2D eigenvalue weighted by molar-refractivity contribution is 5.58. The largest absolute Gasteiger partial charge is 0.364 e. The highest BCUT2D eigenvalue weighted by Crippen LogP contribution is 2.18. The molecule has 0 saturated heterocycles. The van der Waals surface area contributed by atoms with Gasteiger partial charge in [-0.15, -0.1) is 0 Å². The maximum Gasteiger partial charge on any atom is 0.124 e. The predicted octanol–water partition coefficient (Wildman–Crippen LogP) is 4.07. The van der Waals surface area contributed by atoms with Crippen molar-refractivity contribution in [2.24, 2.45) is 0 Å². The Morgan fingerprint density at radius 3 is 2.50 bits per heavy atom. The van der Waals surface area contributed by atoms with Crippen LogP contribution in [0.25, 0.3) is 11.3 Å². The summed E-state index contributed by atoms with van der Waals surface area (Å²) in [6.45, 7) is 2.23. The Labute approximate surface area is 96.3 Å². The molecule has 2 rings (SSSR count). The SMILES string of the molecule is CCCCCc1ccc(-c2ccon2)cc1. The van der Waals surface area contributed by atoms with E-state index in [0.717, 1.165) is 11.3 Å². The molecule has 2 nitrogen and oxygen atoms in total. The Hall–Kier alpha value is -1.57. The maximum atomic E-state index is 4.83. The average Bonchev–Trinajstić information content (AvgIpc) is 2.84. The first-order chi connectivity index (χ1) is 7.90. The lowest BCUT2D eigenvalue weighted by Crippen LogP contribution is -1.85. The molecule has 0 bridgehead atoms. The summed E-state index contributed by atoms with van der Waals surface area (Å²) < 4.78 is 4.83. The number of nitrogens with zero attached hydrogens (tertiary/aromatic N) is 1. The monoisotopic (exact) mass is 215 g/mol. The van der Waals surface area contributed by atoms with Gasteiger partial charge in [-0.05, 0) is 18.4 Å². The van der Waals surface area contributed by atoms with Crippen molar-refractivity contribution in [3.8, 4) is 11.3 Å². The minimum Gasteiger partial charge on any atom is -0.364 e. The van der Waals surface area contributed by atoms with Crippen molar-refractivity contribution in [2.45, 2.75) is 32.6 Å². The van der Waals surface area contributed by atoms with Crippen LogP contribution < -0.4 is 0 Å². The molecule has 0 aliphatic carbocycles. The lowest BCUT2D eigenvalue weighted by Gasteiger charge is -2.01. The molecule has 2 heteroatoms. The van der Waals surface area contributed by atoms with Crippen molar-refractivity contribution < 1.29 is 4.52 Å². The number of unbranched alkanes of at least 4 members (excludes halogenated alkanes) is 2. The first-order valence-corrected chi connectivity index (χ1v) is 5.90. The minimum absolute atomic E-state index is 0.903. The molecule has 0 amide bonds. The van der Waals surface area contributed by atoms with E-state index in [1.165, 1.54) is 31.2 Å². The van der Waals surface area contributed by atoms with Gasteiger partial charge in [0.15, 0.2) is 0 Å². The number of aromatic nitrogens is 1. The van der Waals surface area contributed by atoms with Gasteiger partial charge in [0.2, 0.25) is 0 Å². The molecule has 1 heterocycles. The van der Waals surface area contributed by atoms with Gasteiger partial charge in [-0.25, -0.2) is 0 Å². The topological polar surface area (TPSA) is 26.0 Å². The number of hydrogen-bond donors (Lipinski definition) is 0. The molecule has 1 aromatic heterocycles. The summed E-state index contributed by atoms with van der Waals surface area (Å²) >= 11 is 0. The van der Waals surface area contributed by atoms with Crippen LogP contribution in [0, 0.1) is 0 Å². The third-order valence-electron chi connectivity index (χ3n) is 2.76. The van der Waals surface area contributed by atoms with Crippen molar-refractivity contribution in [1.82, 2.24) is 5.16 Å². The van der Waals surface area contributed by atoms with Crippen molar-refractivity contribution in [2.75, 3.05) is 0 Å². The summed E-state index contributed by atoms with van der Waals surface area (Å²) in [5.41, 5.74) is 3.42. The molecule has 0 spiro atoms. The van der Waals surface area contributed by atoms with Gasteiger partial charge >= 0.3 is 0 Å². The Balaban J connectivity index is 2.00. The second kappa shape index (κ2) is 5.50. The van der Waals surface area contributed by atoms with E-state index < -0.39 is 0 Å². The van der Waals surface area contributed by atoms with Crippen LogP contribution in [0.5, 0.6) is 0 Å². The fraction of sp³-hybridized carbons (Fsp3) is 0.357. The van der Waals surface area contributed by atoms with E-state index in [2.05, 4.69) is 36.3 Å². The van der Waals surface area contributed by atoms with E-state index in [1.807, 2.05) is 6.07 Å². The van der Waals surface area contributed by atoms with E-state index in [0.29, 0.717) is 0 Å². The van der Waals surface area contributed by atoms with Crippen LogP contribution >= 0.6 is 0 Å². The van der Waals surface area contributed by atoms with Gasteiger partial charge in [-0.1, -0.05) is 49.2 Å². The molecule has 0 atom stereocenters. The molecular weight excluding hydrogens is 198 g/mol. The van der Waals surface area contributed by atoms with Gasteiger partial charge in [0.1, 0.15) is 12.0 Å². The predicted molar refractivity (Wildman–Crippen MR) is 65.2 cm³/mol. The van der Waals surface area contributed by atoms with E-state index in [-0.39, 0.29) is 0 Å². The molecular formula is C14H17NO. The first-order valence-electron chi connectivity index (χ1n) is 5.90. The zero-order chi connectivity index (χ0) is 11.2. The van der Waals surface area contributed by atoms with Gasteiger partial charge in [0, 0.05) is 11.6 Å². The van der Waals surface area contributed by atoms with Crippen LogP contribution in [0.1, 0.15) is 31.7 Å². The molecule has 84 valence electrons. The fourth-order valence-electron chi connectivity index (χ4n) is 1.78. The summed E-state index contributed by atoms with van der Waals surface area (Å²) in [6, 6.07) is 10.5. The third kappa shape index (κ3) is 2.72. The number of aryl methyl sites for hydroxylation is 1. The van der Waals surface area contributed by atoms with Crippen molar-refractivity contribution in [3.05, 3.63) is 42.2 Å². The first kappa shape index (κ1) is 10.9. The highest BCUT2D eigenvalue weighted by atomic mass is 16.5. The van der Waals surface area contributed by atoms with E-state index in [1.54, 1.807) is 6.26 Å². The third-order valence-corrected chi connectivity index (χ3v) is 2.76. The normalized spacial score (nSPS) is 10.6.